The first-order valence-corrected chi connectivity index (χ1v) is 5.68. The van der Waals surface area contributed by atoms with Gasteiger partial charge >= 0.3 is 0 Å². The molecule has 0 atom stereocenters. The lowest BCUT2D eigenvalue weighted by Crippen LogP contribution is -1.96. The van der Waals surface area contributed by atoms with Gasteiger partial charge in [0, 0.05) is 6.54 Å². The van der Waals surface area contributed by atoms with Gasteiger partial charge in [-0.25, -0.2) is 4.39 Å². The second kappa shape index (κ2) is 4.13. The number of thiophene rings is 1. The molecule has 2 aromatic rings. The first kappa shape index (κ1) is 10.3. The molecule has 15 heavy (non-hydrogen) atoms. The topological polar surface area (TPSA) is 26.0 Å². The molecule has 0 bridgehead atoms. The van der Waals surface area contributed by atoms with Crippen LogP contribution in [-0.4, -0.2) is 0 Å². The number of aryl methyl sites for hydroxylation is 1. The third-order valence-electron chi connectivity index (χ3n) is 2.43. The first-order valence-electron chi connectivity index (χ1n) is 4.74. The maximum absolute atomic E-state index is 13.1. The van der Waals surface area contributed by atoms with Crippen molar-refractivity contribution in [3.05, 3.63) is 45.9 Å². The average molecular weight is 221 g/mol. The van der Waals surface area contributed by atoms with Crippen LogP contribution in [0.15, 0.2) is 29.0 Å². The summed E-state index contributed by atoms with van der Waals surface area (Å²) in [4.78, 5) is 0. The van der Waals surface area contributed by atoms with Gasteiger partial charge in [0.15, 0.2) is 0 Å². The minimum Gasteiger partial charge on any atom is -0.326 e. The Balaban J connectivity index is 2.50. The normalized spacial score (nSPS) is 10.6. The zero-order valence-corrected chi connectivity index (χ0v) is 9.27. The van der Waals surface area contributed by atoms with Crippen molar-refractivity contribution in [1.82, 2.24) is 0 Å². The first-order chi connectivity index (χ1) is 7.22. The molecule has 78 valence electrons. The third-order valence-corrected chi connectivity index (χ3v) is 3.22. The lowest BCUT2D eigenvalue weighted by atomic mass is 10.0. The highest BCUT2D eigenvalue weighted by molar-refractivity contribution is 7.08. The van der Waals surface area contributed by atoms with E-state index >= 15 is 0 Å². The summed E-state index contributed by atoms with van der Waals surface area (Å²) in [7, 11) is 0. The van der Waals surface area contributed by atoms with Crippen LogP contribution in [-0.2, 0) is 6.54 Å². The highest BCUT2D eigenvalue weighted by Crippen LogP contribution is 2.28. The average Bonchev–Trinajstić information content (AvgIpc) is 2.70. The fourth-order valence-corrected chi connectivity index (χ4v) is 2.43. The molecule has 1 aromatic carbocycles. The standard InChI is InChI=1S/C12H12FNS/c1-8-4-9(2-3-12(8)13)11-7-15-6-10(11)5-14/h2-4,6-7H,5,14H2,1H3. The maximum Gasteiger partial charge on any atom is 0.126 e. The Bertz CT molecular complexity index is 476. The van der Waals surface area contributed by atoms with E-state index < -0.39 is 0 Å². The van der Waals surface area contributed by atoms with E-state index in [1.807, 2.05) is 11.4 Å². The van der Waals surface area contributed by atoms with Crippen molar-refractivity contribution in [2.24, 2.45) is 5.73 Å². The Morgan fingerprint density at radius 3 is 2.80 bits per heavy atom. The molecule has 0 saturated carbocycles. The lowest BCUT2D eigenvalue weighted by Gasteiger charge is -2.04. The van der Waals surface area contributed by atoms with Crippen molar-refractivity contribution < 1.29 is 4.39 Å². The predicted octanol–water partition coefficient (Wildman–Crippen LogP) is 3.32. The Labute approximate surface area is 92.4 Å². The summed E-state index contributed by atoms with van der Waals surface area (Å²) < 4.78 is 13.1. The van der Waals surface area contributed by atoms with E-state index in [1.54, 1.807) is 24.3 Å². The molecule has 0 unspecified atom stereocenters. The molecule has 3 heteroatoms. The number of benzene rings is 1. The van der Waals surface area contributed by atoms with E-state index in [4.69, 9.17) is 5.73 Å². The molecule has 2 rings (SSSR count). The van der Waals surface area contributed by atoms with Crippen LogP contribution in [0.4, 0.5) is 4.39 Å². The number of halogens is 1. The molecule has 0 aliphatic rings. The highest BCUT2D eigenvalue weighted by atomic mass is 32.1. The van der Waals surface area contributed by atoms with E-state index in [-0.39, 0.29) is 5.82 Å². The van der Waals surface area contributed by atoms with Gasteiger partial charge in [-0.1, -0.05) is 6.07 Å². The molecular formula is C12H12FNS. The van der Waals surface area contributed by atoms with Crippen LogP contribution in [0.3, 0.4) is 0 Å². The molecule has 0 saturated heterocycles. The van der Waals surface area contributed by atoms with Crippen molar-refractivity contribution in [1.29, 1.82) is 0 Å². The highest BCUT2D eigenvalue weighted by Gasteiger charge is 2.06. The molecular weight excluding hydrogens is 209 g/mol. The molecule has 0 aliphatic heterocycles. The van der Waals surface area contributed by atoms with Crippen molar-refractivity contribution in [3.8, 4) is 11.1 Å². The SMILES string of the molecule is Cc1cc(-c2cscc2CN)ccc1F. The van der Waals surface area contributed by atoms with Gasteiger partial charge in [-0.2, -0.15) is 11.3 Å². The van der Waals surface area contributed by atoms with Crippen molar-refractivity contribution in [2.45, 2.75) is 13.5 Å². The Morgan fingerprint density at radius 2 is 2.13 bits per heavy atom. The van der Waals surface area contributed by atoms with Crippen LogP contribution in [0.2, 0.25) is 0 Å². The second-order valence-corrected chi connectivity index (χ2v) is 4.22. The predicted molar refractivity (Wildman–Crippen MR) is 62.3 cm³/mol. The molecule has 0 aliphatic carbocycles. The minimum absolute atomic E-state index is 0.164. The fourth-order valence-electron chi connectivity index (χ4n) is 1.55. The zero-order chi connectivity index (χ0) is 10.8. The smallest absolute Gasteiger partial charge is 0.126 e. The molecule has 2 N–H and O–H groups in total. The van der Waals surface area contributed by atoms with Gasteiger partial charge in [-0.3, -0.25) is 0 Å². The largest absolute Gasteiger partial charge is 0.326 e. The maximum atomic E-state index is 13.1. The molecule has 0 spiro atoms. The summed E-state index contributed by atoms with van der Waals surface area (Å²) in [6, 6.07) is 5.16. The Kier molecular flexibility index (Phi) is 2.84. The molecule has 1 aromatic heterocycles. The van der Waals surface area contributed by atoms with E-state index in [0.29, 0.717) is 12.1 Å². The lowest BCUT2D eigenvalue weighted by molar-refractivity contribution is 0.619. The van der Waals surface area contributed by atoms with Gasteiger partial charge in [-0.15, -0.1) is 0 Å². The number of hydrogen-bond acceptors (Lipinski definition) is 2. The van der Waals surface area contributed by atoms with Crippen molar-refractivity contribution in [2.75, 3.05) is 0 Å². The molecule has 0 radical (unpaired) electrons. The monoisotopic (exact) mass is 221 g/mol. The number of nitrogens with two attached hydrogens (primary N) is 1. The molecule has 0 amide bonds. The summed E-state index contributed by atoms with van der Waals surface area (Å²) in [6.45, 7) is 2.29. The second-order valence-electron chi connectivity index (χ2n) is 3.48. The summed E-state index contributed by atoms with van der Waals surface area (Å²) in [6.07, 6.45) is 0. The third kappa shape index (κ3) is 1.94. The summed E-state index contributed by atoms with van der Waals surface area (Å²) in [5.41, 5.74) is 9.57. The Morgan fingerprint density at radius 1 is 1.33 bits per heavy atom. The van der Waals surface area contributed by atoms with Gasteiger partial charge in [0.1, 0.15) is 5.82 Å². The summed E-state index contributed by atoms with van der Waals surface area (Å²) >= 11 is 1.62. The van der Waals surface area contributed by atoms with Gasteiger partial charge in [-0.05, 0) is 52.1 Å². The van der Waals surface area contributed by atoms with E-state index in [0.717, 1.165) is 16.7 Å². The van der Waals surface area contributed by atoms with E-state index in [9.17, 15) is 4.39 Å². The zero-order valence-electron chi connectivity index (χ0n) is 8.46. The van der Waals surface area contributed by atoms with Crippen molar-refractivity contribution >= 4 is 11.3 Å². The number of hydrogen-bond donors (Lipinski definition) is 1. The van der Waals surface area contributed by atoms with Crippen molar-refractivity contribution in [3.63, 3.8) is 0 Å². The van der Waals surface area contributed by atoms with Crippen LogP contribution < -0.4 is 5.73 Å². The number of rotatable bonds is 2. The Hall–Kier alpha value is -1.19. The fraction of sp³-hybridized carbons (Fsp3) is 0.167. The summed E-state index contributed by atoms with van der Waals surface area (Å²) in [5, 5.41) is 4.09. The van der Waals surface area contributed by atoms with E-state index in [2.05, 4.69) is 5.38 Å². The van der Waals surface area contributed by atoms with Crippen LogP contribution in [0.1, 0.15) is 11.1 Å². The molecule has 0 fully saturated rings. The van der Waals surface area contributed by atoms with Gasteiger partial charge in [0.2, 0.25) is 0 Å². The van der Waals surface area contributed by atoms with Crippen LogP contribution in [0, 0.1) is 12.7 Å². The van der Waals surface area contributed by atoms with Crippen LogP contribution in [0.25, 0.3) is 11.1 Å². The van der Waals surface area contributed by atoms with Gasteiger partial charge < -0.3 is 5.73 Å². The van der Waals surface area contributed by atoms with E-state index in [1.165, 1.54) is 6.07 Å². The summed E-state index contributed by atoms with van der Waals surface area (Å²) in [5.74, 6) is -0.164. The molecule has 1 heterocycles. The van der Waals surface area contributed by atoms with Gasteiger partial charge in [0.05, 0.1) is 0 Å². The minimum atomic E-state index is -0.164. The van der Waals surface area contributed by atoms with Crippen LogP contribution >= 0.6 is 11.3 Å². The van der Waals surface area contributed by atoms with Crippen LogP contribution in [0.5, 0.6) is 0 Å². The van der Waals surface area contributed by atoms with Gasteiger partial charge in [0.25, 0.3) is 0 Å². The molecule has 1 nitrogen and oxygen atoms in total. The quantitative estimate of drug-likeness (QED) is 0.827.